The SMILES string of the molecule is C=C[C@H]1c2cc(N3CCN(C)C(=O)C3)ccc2N(C(C)=O)[C@@H](CC)[C@@H]1C.Cc1ncccn1.[HH]. The van der Waals surface area contributed by atoms with Crippen LogP contribution in [-0.4, -0.2) is 59.4 Å². The van der Waals surface area contributed by atoms with Crippen molar-refractivity contribution in [1.82, 2.24) is 14.9 Å². The molecule has 1 aromatic carbocycles. The summed E-state index contributed by atoms with van der Waals surface area (Å²) in [5.74, 6) is 1.54. The quantitative estimate of drug-likeness (QED) is 0.659. The van der Waals surface area contributed by atoms with Gasteiger partial charge in [-0.15, -0.1) is 6.58 Å². The van der Waals surface area contributed by atoms with Crippen LogP contribution in [-0.2, 0) is 9.59 Å². The predicted octanol–water partition coefficient (Wildman–Crippen LogP) is 4.05. The third kappa shape index (κ3) is 5.24. The Morgan fingerprint density at radius 1 is 1.27 bits per heavy atom. The zero-order valence-corrected chi connectivity index (χ0v) is 20.4. The highest BCUT2D eigenvalue weighted by atomic mass is 16.2. The number of allylic oxidation sites excluding steroid dienone is 1. The molecule has 2 aromatic rings. The molecule has 1 saturated heterocycles. The van der Waals surface area contributed by atoms with Crippen molar-refractivity contribution in [3.63, 3.8) is 0 Å². The van der Waals surface area contributed by atoms with Crippen molar-refractivity contribution in [3.05, 3.63) is 60.7 Å². The molecule has 0 N–H and O–H groups in total. The van der Waals surface area contributed by atoms with Crippen molar-refractivity contribution in [2.45, 2.75) is 46.1 Å². The molecule has 0 radical (unpaired) electrons. The van der Waals surface area contributed by atoms with Crippen LogP contribution in [0.2, 0.25) is 0 Å². The first-order valence-corrected chi connectivity index (χ1v) is 11.6. The second kappa shape index (κ2) is 10.6. The second-order valence-electron chi connectivity index (χ2n) is 8.76. The van der Waals surface area contributed by atoms with Crippen LogP contribution in [0.25, 0.3) is 0 Å². The van der Waals surface area contributed by atoms with E-state index < -0.39 is 0 Å². The normalized spacial score (nSPS) is 22.3. The van der Waals surface area contributed by atoms with Crippen LogP contribution in [0.1, 0.15) is 45.9 Å². The Morgan fingerprint density at radius 3 is 2.48 bits per heavy atom. The number of fused-ring (bicyclic) bond motifs is 1. The van der Waals surface area contributed by atoms with E-state index in [9.17, 15) is 9.59 Å². The number of piperazine rings is 1. The number of carbonyl (C=O) groups is 2. The van der Waals surface area contributed by atoms with Crippen LogP contribution in [0.3, 0.4) is 0 Å². The van der Waals surface area contributed by atoms with Crippen LogP contribution < -0.4 is 9.80 Å². The average molecular weight is 452 g/mol. The number of likely N-dealkylation sites (N-methyl/N-ethyl adjacent to an activating group) is 1. The van der Waals surface area contributed by atoms with Crippen molar-refractivity contribution in [1.29, 1.82) is 0 Å². The Hall–Kier alpha value is -3.22. The molecule has 3 heterocycles. The fourth-order valence-corrected chi connectivity index (χ4v) is 4.81. The molecule has 4 rings (SSSR count). The maximum Gasteiger partial charge on any atom is 0.241 e. The molecule has 2 aliphatic rings. The van der Waals surface area contributed by atoms with E-state index in [4.69, 9.17) is 0 Å². The van der Waals surface area contributed by atoms with Gasteiger partial charge in [0.15, 0.2) is 0 Å². The number of anilines is 2. The number of benzene rings is 1. The maximum atomic E-state index is 12.4. The minimum Gasteiger partial charge on any atom is -0.360 e. The summed E-state index contributed by atoms with van der Waals surface area (Å²) in [6, 6.07) is 8.21. The standard InChI is InChI=1S/C21H29N3O2.C5H6N2.H2/c1-6-17-14(3)19(7-2)24(15(4)25)20-9-8-16(12-18(17)20)23-11-10-22(5)21(26)13-23;1-5-6-3-2-4-7-5;/h6,8-9,12,14,17,19H,1,7,10-11,13H2,2-5H3;2-4H,1H3;1H/t14-,17-,19+;;/m1../s1. The monoisotopic (exact) mass is 451 g/mol. The molecule has 0 aliphatic carbocycles. The lowest BCUT2D eigenvalue weighted by atomic mass is 9.76. The number of carbonyl (C=O) groups excluding carboxylic acids is 2. The van der Waals surface area contributed by atoms with Gasteiger partial charge in [-0.2, -0.15) is 0 Å². The van der Waals surface area contributed by atoms with Gasteiger partial charge in [-0.05, 0) is 49.1 Å². The molecule has 0 saturated carbocycles. The third-order valence-corrected chi connectivity index (χ3v) is 6.66. The van der Waals surface area contributed by atoms with Crippen molar-refractivity contribution >= 4 is 23.2 Å². The maximum absolute atomic E-state index is 12.4. The van der Waals surface area contributed by atoms with Crippen molar-refractivity contribution < 1.29 is 11.0 Å². The minimum absolute atomic E-state index is 0. The smallest absolute Gasteiger partial charge is 0.241 e. The third-order valence-electron chi connectivity index (χ3n) is 6.66. The van der Waals surface area contributed by atoms with Gasteiger partial charge in [0.1, 0.15) is 5.82 Å². The Bertz CT molecular complexity index is 1000. The van der Waals surface area contributed by atoms with E-state index >= 15 is 0 Å². The van der Waals surface area contributed by atoms with Gasteiger partial charge in [-0.25, -0.2) is 9.97 Å². The van der Waals surface area contributed by atoms with Crippen LogP contribution in [0.15, 0.2) is 49.3 Å². The molecule has 1 fully saturated rings. The zero-order chi connectivity index (χ0) is 24.1. The van der Waals surface area contributed by atoms with E-state index in [0.29, 0.717) is 12.5 Å². The summed E-state index contributed by atoms with van der Waals surface area (Å²) in [6.07, 6.45) is 6.37. The van der Waals surface area contributed by atoms with Gasteiger partial charge < -0.3 is 14.7 Å². The number of rotatable bonds is 3. The molecule has 7 nitrogen and oxygen atoms in total. The fraction of sp³-hybridized carbons (Fsp3) is 0.462. The fourth-order valence-electron chi connectivity index (χ4n) is 4.81. The van der Waals surface area contributed by atoms with Gasteiger partial charge in [0.2, 0.25) is 11.8 Å². The first-order chi connectivity index (χ1) is 15.8. The Balaban J connectivity index is 0.000000439. The molecule has 2 aliphatic heterocycles. The van der Waals surface area contributed by atoms with Gasteiger partial charge >= 0.3 is 0 Å². The number of amides is 2. The average Bonchev–Trinajstić information content (AvgIpc) is 2.80. The van der Waals surface area contributed by atoms with E-state index in [2.05, 4.69) is 41.4 Å². The van der Waals surface area contributed by atoms with Crippen molar-refractivity contribution in [2.24, 2.45) is 5.92 Å². The molecule has 7 heteroatoms. The van der Waals surface area contributed by atoms with Crippen LogP contribution in [0.5, 0.6) is 0 Å². The topological polar surface area (TPSA) is 69.6 Å². The van der Waals surface area contributed by atoms with Crippen LogP contribution >= 0.6 is 0 Å². The summed E-state index contributed by atoms with van der Waals surface area (Å²) in [5, 5.41) is 0. The van der Waals surface area contributed by atoms with E-state index in [0.717, 1.165) is 42.3 Å². The van der Waals surface area contributed by atoms with Crippen molar-refractivity contribution in [3.8, 4) is 0 Å². The molecular formula is C26H37N5O2. The molecular weight excluding hydrogens is 414 g/mol. The second-order valence-corrected chi connectivity index (χ2v) is 8.76. The number of aromatic nitrogens is 2. The van der Waals surface area contributed by atoms with Gasteiger partial charge in [-0.3, -0.25) is 9.59 Å². The van der Waals surface area contributed by atoms with Gasteiger partial charge in [-0.1, -0.05) is 19.9 Å². The van der Waals surface area contributed by atoms with Crippen molar-refractivity contribution in [2.75, 3.05) is 36.5 Å². The van der Waals surface area contributed by atoms with E-state index in [-0.39, 0.29) is 25.2 Å². The summed E-state index contributed by atoms with van der Waals surface area (Å²) in [5.41, 5.74) is 3.16. The van der Waals surface area contributed by atoms with E-state index in [1.165, 1.54) is 0 Å². The van der Waals surface area contributed by atoms with Crippen LogP contribution in [0.4, 0.5) is 11.4 Å². The molecule has 3 atom stereocenters. The Morgan fingerprint density at radius 2 is 1.97 bits per heavy atom. The first kappa shape index (κ1) is 24.4. The first-order valence-electron chi connectivity index (χ1n) is 11.6. The molecule has 33 heavy (non-hydrogen) atoms. The molecule has 0 bridgehead atoms. The van der Waals surface area contributed by atoms with Gasteiger partial charge in [0, 0.05) is 64.2 Å². The molecule has 0 spiro atoms. The van der Waals surface area contributed by atoms with E-state index in [1.807, 2.05) is 37.1 Å². The lowest BCUT2D eigenvalue weighted by Crippen LogP contribution is -2.49. The summed E-state index contributed by atoms with van der Waals surface area (Å²) in [4.78, 5) is 38.0. The summed E-state index contributed by atoms with van der Waals surface area (Å²) in [7, 11) is 1.84. The lowest BCUT2D eigenvalue weighted by Gasteiger charge is -2.44. The van der Waals surface area contributed by atoms with Crippen LogP contribution in [0, 0.1) is 12.8 Å². The number of hydrogen-bond acceptors (Lipinski definition) is 5. The summed E-state index contributed by atoms with van der Waals surface area (Å²) < 4.78 is 0. The zero-order valence-electron chi connectivity index (χ0n) is 20.4. The molecule has 1 aromatic heterocycles. The highest BCUT2D eigenvalue weighted by molar-refractivity contribution is 5.94. The van der Waals surface area contributed by atoms with E-state index in [1.54, 1.807) is 30.3 Å². The van der Waals surface area contributed by atoms with Gasteiger partial charge in [0.25, 0.3) is 0 Å². The highest BCUT2D eigenvalue weighted by Gasteiger charge is 2.38. The summed E-state index contributed by atoms with van der Waals surface area (Å²) in [6.45, 7) is 13.8. The Kier molecular flexibility index (Phi) is 7.84. The molecule has 0 unspecified atom stereocenters. The summed E-state index contributed by atoms with van der Waals surface area (Å²) >= 11 is 0. The molecule has 178 valence electrons. The highest BCUT2D eigenvalue weighted by Crippen LogP contribution is 2.45. The lowest BCUT2D eigenvalue weighted by molar-refractivity contribution is -0.129. The predicted molar refractivity (Wildman–Crippen MR) is 135 cm³/mol. The molecule has 2 amide bonds. The number of aryl methyl sites for hydroxylation is 1. The number of hydrogen-bond donors (Lipinski definition) is 0. The minimum atomic E-state index is 0. The van der Waals surface area contributed by atoms with Gasteiger partial charge in [0.05, 0.1) is 6.54 Å². The largest absolute Gasteiger partial charge is 0.360 e. The Labute approximate surface area is 198 Å². The number of nitrogens with zero attached hydrogens (tertiary/aromatic N) is 5.